The molecule has 3 heteroatoms. The average molecular weight is 225 g/mol. The molecule has 0 aromatic heterocycles. The van der Waals surface area contributed by atoms with Crippen LogP contribution in [0.4, 0.5) is 10.1 Å². The smallest absolute Gasteiger partial charge is 0.165 e. The molecule has 1 N–H and O–H groups in total. The minimum Gasteiger partial charge on any atom is -0.494 e. The lowest BCUT2D eigenvalue weighted by molar-refractivity contribution is 0.386. The van der Waals surface area contributed by atoms with Gasteiger partial charge in [0, 0.05) is 17.8 Å². The highest BCUT2D eigenvalue weighted by atomic mass is 19.1. The predicted molar refractivity (Wildman–Crippen MR) is 65.5 cm³/mol. The van der Waals surface area contributed by atoms with Gasteiger partial charge in [0.05, 0.1) is 7.11 Å². The third-order valence-corrected chi connectivity index (χ3v) is 2.39. The van der Waals surface area contributed by atoms with Crippen molar-refractivity contribution in [1.82, 2.24) is 0 Å². The molecule has 90 valence electrons. The molecule has 0 aliphatic rings. The van der Waals surface area contributed by atoms with Crippen LogP contribution in [-0.4, -0.2) is 13.2 Å². The van der Waals surface area contributed by atoms with Gasteiger partial charge in [-0.05, 0) is 31.4 Å². The van der Waals surface area contributed by atoms with Gasteiger partial charge in [-0.1, -0.05) is 13.8 Å². The van der Waals surface area contributed by atoms with E-state index in [0.29, 0.717) is 12.0 Å². The molecule has 0 fully saturated rings. The zero-order valence-electron chi connectivity index (χ0n) is 10.4. The third-order valence-electron chi connectivity index (χ3n) is 2.39. The summed E-state index contributed by atoms with van der Waals surface area (Å²) in [6.07, 6.45) is 1.08. The minimum atomic E-state index is -0.329. The van der Waals surface area contributed by atoms with Crippen LogP contribution in [0.25, 0.3) is 0 Å². The Morgan fingerprint density at radius 3 is 2.56 bits per heavy atom. The largest absolute Gasteiger partial charge is 0.494 e. The molecule has 0 saturated carbocycles. The Hall–Kier alpha value is -1.25. The molecule has 0 saturated heterocycles. The lowest BCUT2D eigenvalue weighted by Crippen LogP contribution is -2.17. The zero-order chi connectivity index (χ0) is 12.1. The molecule has 0 radical (unpaired) electrons. The number of halogens is 1. The second-order valence-corrected chi connectivity index (χ2v) is 4.52. The summed E-state index contributed by atoms with van der Waals surface area (Å²) in [6.45, 7) is 6.49. The number of benzene rings is 1. The number of nitrogens with one attached hydrogen (secondary N) is 1. The van der Waals surface area contributed by atoms with Crippen LogP contribution in [0.1, 0.15) is 27.2 Å². The summed E-state index contributed by atoms with van der Waals surface area (Å²) < 4.78 is 18.1. The molecule has 1 aromatic carbocycles. The van der Waals surface area contributed by atoms with Crippen molar-refractivity contribution in [3.63, 3.8) is 0 Å². The Labute approximate surface area is 96.8 Å². The van der Waals surface area contributed by atoms with Crippen molar-refractivity contribution in [3.05, 3.63) is 24.0 Å². The molecular weight excluding hydrogens is 205 g/mol. The first-order valence-electron chi connectivity index (χ1n) is 5.63. The van der Waals surface area contributed by atoms with E-state index in [9.17, 15) is 4.39 Å². The van der Waals surface area contributed by atoms with Crippen LogP contribution in [0.3, 0.4) is 0 Å². The van der Waals surface area contributed by atoms with Gasteiger partial charge in [-0.15, -0.1) is 0 Å². The van der Waals surface area contributed by atoms with Crippen molar-refractivity contribution in [2.75, 3.05) is 12.4 Å². The number of anilines is 1. The standard InChI is InChI=1S/C13H20FNO/c1-9(2)7-10(3)15-11-5-6-12(14)13(8-11)16-4/h5-6,8-10,15H,7H2,1-4H3. The van der Waals surface area contributed by atoms with Gasteiger partial charge in [0.2, 0.25) is 0 Å². The normalized spacial score (nSPS) is 12.6. The van der Waals surface area contributed by atoms with Crippen molar-refractivity contribution in [2.45, 2.75) is 33.2 Å². The lowest BCUT2D eigenvalue weighted by atomic mass is 10.1. The number of ether oxygens (including phenoxy) is 1. The van der Waals surface area contributed by atoms with Crippen LogP contribution in [0.2, 0.25) is 0 Å². The fourth-order valence-electron chi connectivity index (χ4n) is 1.80. The van der Waals surface area contributed by atoms with E-state index < -0.39 is 0 Å². The van der Waals surface area contributed by atoms with E-state index in [4.69, 9.17) is 4.74 Å². The Morgan fingerprint density at radius 2 is 2.00 bits per heavy atom. The summed E-state index contributed by atoms with van der Waals surface area (Å²) >= 11 is 0. The molecule has 1 rings (SSSR count). The van der Waals surface area contributed by atoms with Crippen molar-refractivity contribution in [2.24, 2.45) is 5.92 Å². The highest BCUT2D eigenvalue weighted by Gasteiger charge is 2.07. The van der Waals surface area contributed by atoms with Crippen LogP contribution in [0.5, 0.6) is 5.75 Å². The Kier molecular flexibility index (Phi) is 4.59. The molecule has 2 nitrogen and oxygen atoms in total. The van der Waals surface area contributed by atoms with Crippen LogP contribution >= 0.6 is 0 Å². The van der Waals surface area contributed by atoms with Gasteiger partial charge < -0.3 is 10.1 Å². The van der Waals surface area contributed by atoms with Crippen LogP contribution in [-0.2, 0) is 0 Å². The van der Waals surface area contributed by atoms with E-state index in [1.165, 1.54) is 13.2 Å². The van der Waals surface area contributed by atoms with E-state index >= 15 is 0 Å². The molecule has 0 heterocycles. The maximum Gasteiger partial charge on any atom is 0.165 e. The van der Waals surface area contributed by atoms with Crippen molar-refractivity contribution in [3.8, 4) is 5.75 Å². The molecule has 1 atom stereocenters. The van der Waals surface area contributed by atoms with Crippen LogP contribution in [0, 0.1) is 11.7 Å². The van der Waals surface area contributed by atoms with E-state index in [1.54, 1.807) is 12.1 Å². The Morgan fingerprint density at radius 1 is 1.31 bits per heavy atom. The van der Waals surface area contributed by atoms with Gasteiger partial charge in [0.25, 0.3) is 0 Å². The van der Waals surface area contributed by atoms with E-state index in [-0.39, 0.29) is 11.6 Å². The number of hydrogen-bond acceptors (Lipinski definition) is 2. The number of rotatable bonds is 5. The highest BCUT2D eigenvalue weighted by molar-refractivity contribution is 5.49. The summed E-state index contributed by atoms with van der Waals surface area (Å²) in [5.74, 6) is 0.594. The summed E-state index contributed by atoms with van der Waals surface area (Å²) in [7, 11) is 1.47. The first kappa shape index (κ1) is 12.8. The second kappa shape index (κ2) is 5.73. The van der Waals surface area contributed by atoms with E-state index in [0.717, 1.165) is 12.1 Å². The van der Waals surface area contributed by atoms with Gasteiger partial charge in [0.15, 0.2) is 11.6 Å². The predicted octanol–water partition coefficient (Wildman–Crippen LogP) is 3.68. The fourth-order valence-corrected chi connectivity index (χ4v) is 1.80. The first-order valence-corrected chi connectivity index (χ1v) is 5.63. The quantitative estimate of drug-likeness (QED) is 0.825. The third kappa shape index (κ3) is 3.72. The summed E-state index contributed by atoms with van der Waals surface area (Å²) in [6, 6.07) is 5.21. The van der Waals surface area contributed by atoms with Gasteiger partial charge in [0.1, 0.15) is 0 Å². The minimum absolute atomic E-state index is 0.279. The lowest BCUT2D eigenvalue weighted by Gasteiger charge is -2.17. The molecule has 0 aliphatic heterocycles. The maximum atomic E-state index is 13.2. The average Bonchev–Trinajstić information content (AvgIpc) is 2.19. The topological polar surface area (TPSA) is 21.3 Å². The molecule has 16 heavy (non-hydrogen) atoms. The monoisotopic (exact) mass is 225 g/mol. The Bertz CT molecular complexity index is 339. The van der Waals surface area contributed by atoms with Crippen molar-refractivity contribution < 1.29 is 9.13 Å². The fraction of sp³-hybridized carbons (Fsp3) is 0.538. The van der Waals surface area contributed by atoms with Gasteiger partial charge in [-0.25, -0.2) is 4.39 Å². The molecule has 0 spiro atoms. The van der Waals surface area contributed by atoms with Crippen molar-refractivity contribution in [1.29, 1.82) is 0 Å². The SMILES string of the molecule is COc1cc(NC(C)CC(C)C)ccc1F. The van der Waals surface area contributed by atoms with Gasteiger partial charge >= 0.3 is 0 Å². The maximum absolute atomic E-state index is 13.2. The molecule has 0 bridgehead atoms. The first-order chi connectivity index (χ1) is 7.52. The molecule has 1 unspecified atom stereocenters. The van der Waals surface area contributed by atoms with Crippen LogP contribution in [0.15, 0.2) is 18.2 Å². The van der Waals surface area contributed by atoms with E-state index in [1.807, 2.05) is 0 Å². The summed E-state index contributed by atoms with van der Waals surface area (Å²) in [5, 5.41) is 3.33. The van der Waals surface area contributed by atoms with Gasteiger partial charge in [-0.2, -0.15) is 0 Å². The van der Waals surface area contributed by atoms with Crippen LogP contribution < -0.4 is 10.1 Å². The number of methoxy groups -OCH3 is 1. The Balaban J connectivity index is 2.67. The molecule has 0 amide bonds. The second-order valence-electron chi connectivity index (χ2n) is 4.52. The summed E-state index contributed by atoms with van der Waals surface area (Å²) in [4.78, 5) is 0. The van der Waals surface area contributed by atoms with E-state index in [2.05, 4.69) is 26.1 Å². The zero-order valence-corrected chi connectivity index (χ0v) is 10.4. The highest BCUT2D eigenvalue weighted by Crippen LogP contribution is 2.22. The molecule has 0 aliphatic carbocycles. The number of hydrogen-bond donors (Lipinski definition) is 1. The van der Waals surface area contributed by atoms with Gasteiger partial charge in [-0.3, -0.25) is 0 Å². The van der Waals surface area contributed by atoms with Crippen molar-refractivity contribution >= 4 is 5.69 Å². The molecule has 1 aromatic rings. The summed E-state index contributed by atoms with van der Waals surface area (Å²) in [5.41, 5.74) is 0.895. The molecular formula is C13H20FNO.